The molecule has 162 valence electrons. The lowest BCUT2D eigenvalue weighted by atomic mass is 10.1. The second-order valence-corrected chi connectivity index (χ2v) is 7.12. The molecule has 1 N–H and O–H groups in total. The van der Waals surface area contributed by atoms with Gasteiger partial charge in [0.05, 0.1) is 34.9 Å². The zero-order chi connectivity index (χ0) is 23.0. The molecule has 0 aromatic heterocycles. The molecule has 0 atom stereocenters. The number of nitrogens with one attached hydrogen (secondary N) is 1. The molecule has 0 saturated heterocycles. The molecule has 2 rings (SSSR count). The van der Waals surface area contributed by atoms with Gasteiger partial charge in [-0.2, -0.15) is 5.26 Å². The maximum atomic E-state index is 12.6. The largest absolute Gasteiger partial charge is 0.496 e. The summed E-state index contributed by atoms with van der Waals surface area (Å²) in [5.41, 5.74) is -0.0766. The number of amides is 1. The van der Waals surface area contributed by atoms with Gasteiger partial charge in [0.1, 0.15) is 23.1 Å². The molecule has 0 bridgehead atoms. The van der Waals surface area contributed by atoms with Crippen molar-refractivity contribution in [2.75, 3.05) is 25.6 Å². The van der Waals surface area contributed by atoms with Gasteiger partial charge in [-0.25, -0.2) is 0 Å². The van der Waals surface area contributed by atoms with Gasteiger partial charge < -0.3 is 19.5 Å². The minimum atomic E-state index is -0.780. The standard InChI is InChI=1S/C21H20IN3O6/c1-4-30-19-10-13(9-16(22)20(19)31-5-2)8-14(12-23)21(26)24-17-7-6-15(29-3)11-18(17)25(27)28/h6-11H,4-5H2,1-3H3,(H,24,26)/b14-8+. The number of carbonyl (C=O) groups excluding carboxylic acids is 1. The highest BCUT2D eigenvalue weighted by atomic mass is 127. The summed E-state index contributed by atoms with van der Waals surface area (Å²) in [6.07, 6.45) is 1.38. The molecule has 0 unspecified atom stereocenters. The number of nitro groups is 1. The summed E-state index contributed by atoms with van der Waals surface area (Å²) in [6, 6.07) is 9.25. The van der Waals surface area contributed by atoms with Crippen molar-refractivity contribution in [1.29, 1.82) is 5.26 Å². The zero-order valence-corrected chi connectivity index (χ0v) is 19.3. The predicted octanol–water partition coefficient (Wildman–Crippen LogP) is 4.55. The second kappa shape index (κ2) is 11.2. The number of nitrogens with zero attached hydrogens (tertiary/aromatic N) is 2. The van der Waals surface area contributed by atoms with E-state index < -0.39 is 10.8 Å². The molecule has 0 spiro atoms. The molecule has 0 radical (unpaired) electrons. The van der Waals surface area contributed by atoms with E-state index in [9.17, 15) is 20.2 Å². The van der Waals surface area contributed by atoms with E-state index in [-0.39, 0.29) is 22.7 Å². The summed E-state index contributed by atoms with van der Waals surface area (Å²) in [7, 11) is 1.38. The lowest BCUT2D eigenvalue weighted by molar-refractivity contribution is -0.384. The topological polar surface area (TPSA) is 124 Å². The van der Waals surface area contributed by atoms with Crippen LogP contribution in [0.25, 0.3) is 6.08 Å². The highest BCUT2D eigenvalue weighted by molar-refractivity contribution is 14.1. The number of anilines is 1. The Hall–Kier alpha value is -3.33. The molecule has 10 heteroatoms. The first-order valence-corrected chi connectivity index (χ1v) is 10.3. The lowest BCUT2D eigenvalue weighted by Crippen LogP contribution is -2.14. The second-order valence-electron chi connectivity index (χ2n) is 5.96. The summed E-state index contributed by atoms with van der Waals surface area (Å²) < 4.78 is 17.0. The number of hydrogen-bond acceptors (Lipinski definition) is 7. The first-order chi connectivity index (χ1) is 14.8. The number of halogens is 1. The number of nitriles is 1. The van der Waals surface area contributed by atoms with Crippen molar-refractivity contribution in [3.63, 3.8) is 0 Å². The minimum absolute atomic E-state index is 0.0479. The molecule has 0 aliphatic heterocycles. The number of nitro benzene ring substituents is 1. The number of benzene rings is 2. The first kappa shape index (κ1) is 23.9. The molecule has 9 nitrogen and oxygen atoms in total. The Morgan fingerprint density at radius 2 is 1.97 bits per heavy atom. The van der Waals surface area contributed by atoms with Crippen molar-refractivity contribution >= 4 is 45.9 Å². The average molecular weight is 537 g/mol. The van der Waals surface area contributed by atoms with Crippen molar-refractivity contribution in [1.82, 2.24) is 0 Å². The Morgan fingerprint density at radius 3 is 2.55 bits per heavy atom. The molecule has 0 aliphatic carbocycles. The van der Waals surface area contributed by atoms with Crippen LogP contribution in [0.1, 0.15) is 19.4 Å². The van der Waals surface area contributed by atoms with Crippen LogP contribution < -0.4 is 19.5 Å². The highest BCUT2D eigenvalue weighted by Gasteiger charge is 2.20. The number of hydrogen-bond donors (Lipinski definition) is 1. The molecular formula is C21H20IN3O6. The normalized spacial score (nSPS) is 10.7. The van der Waals surface area contributed by atoms with Gasteiger partial charge in [0.15, 0.2) is 11.5 Å². The summed E-state index contributed by atoms with van der Waals surface area (Å²) in [5.74, 6) is 0.565. The monoisotopic (exact) mass is 537 g/mol. The number of rotatable bonds is 9. The van der Waals surface area contributed by atoms with Crippen LogP contribution >= 0.6 is 22.6 Å². The van der Waals surface area contributed by atoms with Crippen LogP contribution in [0.5, 0.6) is 17.2 Å². The minimum Gasteiger partial charge on any atom is -0.496 e. The van der Waals surface area contributed by atoms with Gasteiger partial charge in [-0.05, 0) is 72.3 Å². The Kier molecular flexibility index (Phi) is 8.63. The van der Waals surface area contributed by atoms with Crippen LogP contribution in [0.15, 0.2) is 35.9 Å². The Bertz CT molecular complexity index is 1060. The van der Waals surface area contributed by atoms with E-state index in [0.717, 1.165) is 3.57 Å². The molecular weight excluding hydrogens is 517 g/mol. The quantitative estimate of drug-likeness (QED) is 0.164. The van der Waals surface area contributed by atoms with Crippen LogP contribution in [0.3, 0.4) is 0 Å². The van der Waals surface area contributed by atoms with E-state index in [2.05, 4.69) is 27.9 Å². The molecule has 0 saturated carbocycles. The smallest absolute Gasteiger partial charge is 0.296 e. The Morgan fingerprint density at radius 1 is 1.26 bits per heavy atom. The van der Waals surface area contributed by atoms with Gasteiger partial charge in [0.2, 0.25) is 0 Å². The van der Waals surface area contributed by atoms with Crippen molar-refractivity contribution in [3.8, 4) is 23.3 Å². The van der Waals surface area contributed by atoms with Crippen molar-refractivity contribution in [2.45, 2.75) is 13.8 Å². The van der Waals surface area contributed by atoms with Crippen molar-refractivity contribution in [3.05, 3.63) is 55.2 Å². The van der Waals surface area contributed by atoms with E-state index in [1.54, 1.807) is 12.1 Å². The molecule has 1 amide bonds. The van der Waals surface area contributed by atoms with Crippen molar-refractivity contribution < 1.29 is 23.9 Å². The fourth-order valence-electron chi connectivity index (χ4n) is 2.62. The van der Waals surface area contributed by atoms with Gasteiger partial charge in [0.25, 0.3) is 11.6 Å². The fourth-order valence-corrected chi connectivity index (χ4v) is 3.40. The van der Waals surface area contributed by atoms with Gasteiger partial charge in [-0.3, -0.25) is 14.9 Å². The van der Waals surface area contributed by atoms with E-state index >= 15 is 0 Å². The molecule has 0 heterocycles. The highest BCUT2D eigenvalue weighted by Crippen LogP contribution is 2.35. The SMILES string of the molecule is CCOc1cc(/C=C(\C#N)C(=O)Nc2ccc(OC)cc2[N+](=O)[O-])cc(I)c1OCC. The summed E-state index contributed by atoms with van der Waals surface area (Å²) in [5, 5.41) is 23.2. The van der Waals surface area contributed by atoms with Crippen LogP contribution in [-0.4, -0.2) is 31.2 Å². The van der Waals surface area contributed by atoms with E-state index in [1.807, 2.05) is 19.9 Å². The molecule has 0 aliphatic rings. The van der Waals surface area contributed by atoms with Crippen LogP contribution in [-0.2, 0) is 4.79 Å². The predicted molar refractivity (Wildman–Crippen MR) is 123 cm³/mol. The molecule has 0 fully saturated rings. The molecule has 2 aromatic carbocycles. The zero-order valence-electron chi connectivity index (χ0n) is 17.1. The van der Waals surface area contributed by atoms with E-state index in [0.29, 0.717) is 30.3 Å². The fraction of sp³-hybridized carbons (Fsp3) is 0.238. The molecule has 31 heavy (non-hydrogen) atoms. The Balaban J connectivity index is 2.39. The van der Waals surface area contributed by atoms with Crippen molar-refractivity contribution in [2.24, 2.45) is 0 Å². The maximum Gasteiger partial charge on any atom is 0.296 e. The van der Waals surface area contributed by atoms with Crippen LogP contribution in [0.4, 0.5) is 11.4 Å². The third kappa shape index (κ3) is 6.08. The van der Waals surface area contributed by atoms with E-state index in [4.69, 9.17) is 14.2 Å². The summed E-state index contributed by atoms with van der Waals surface area (Å²) in [6.45, 7) is 4.56. The summed E-state index contributed by atoms with van der Waals surface area (Å²) in [4.78, 5) is 23.3. The first-order valence-electron chi connectivity index (χ1n) is 9.19. The number of ether oxygens (including phenoxy) is 3. The maximum absolute atomic E-state index is 12.6. The Labute approximate surface area is 192 Å². The summed E-state index contributed by atoms with van der Waals surface area (Å²) >= 11 is 2.08. The van der Waals surface area contributed by atoms with Gasteiger partial charge >= 0.3 is 0 Å². The molecule has 2 aromatic rings. The van der Waals surface area contributed by atoms with Gasteiger partial charge in [-0.15, -0.1) is 0 Å². The van der Waals surface area contributed by atoms with E-state index in [1.165, 1.54) is 31.4 Å². The van der Waals surface area contributed by atoms with Crippen LogP contribution in [0.2, 0.25) is 0 Å². The number of methoxy groups -OCH3 is 1. The lowest BCUT2D eigenvalue weighted by Gasteiger charge is -2.13. The third-order valence-electron chi connectivity index (χ3n) is 3.95. The van der Waals surface area contributed by atoms with Crippen LogP contribution in [0, 0.1) is 25.0 Å². The third-order valence-corrected chi connectivity index (χ3v) is 4.75. The van der Waals surface area contributed by atoms with Gasteiger partial charge in [-0.1, -0.05) is 0 Å². The number of carbonyl (C=O) groups is 1. The van der Waals surface area contributed by atoms with Gasteiger partial charge in [0, 0.05) is 0 Å². The average Bonchev–Trinajstić information content (AvgIpc) is 2.74.